The van der Waals surface area contributed by atoms with Crippen molar-refractivity contribution >= 4 is 33.0 Å². The van der Waals surface area contributed by atoms with Crippen molar-refractivity contribution in [3.63, 3.8) is 0 Å². The van der Waals surface area contributed by atoms with Gasteiger partial charge in [0, 0.05) is 44.4 Å². The van der Waals surface area contributed by atoms with Crippen molar-refractivity contribution in [3.8, 4) is 0 Å². The van der Waals surface area contributed by atoms with Gasteiger partial charge in [-0.15, -0.1) is 0 Å². The minimum Gasteiger partial charge on any atom is -0.376 e. The summed E-state index contributed by atoms with van der Waals surface area (Å²) in [5.74, 6) is -0.492. The summed E-state index contributed by atoms with van der Waals surface area (Å²) in [6.07, 6.45) is 0. The van der Waals surface area contributed by atoms with Crippen molar-refractivity contribution in [3.05, 3.63) is 57.6 Å². The van der Waals surface area contributed by atoms with E-state index in [1.165, 1.54) is 34.6 Å². The lowest BCUT2D eigenvalue weighted by Gasteiger charge is -2.22. The summed E-state index contributed by atoms with van der Waals surface area (Å²) in [4.78, 5) is 25.1. The van der Waals surface area contributed by atoms with Crippen molar-refractivity contribution in [2.24, 2.45) is 0 Å². The van der Waals surface area contributed by atoms with E-state index in [4.69, 9.17) is 0 Å². The van der Waals surface area contributed by atoms with Crippen LogP contribution in [0.5, 0.6) is 0 Å². The molecule has 0 atom stereocenters. The molecule has 9 nitrogen and oxygen atoms in total. The second-order valence-electron chi connectivity index (χ2n) is 6.88. The van der Waals surface area contributed by atoms with Gasteiger partial charge in [-0.05, 0) is 37.3 Å². The van der Waals surface area contributed by atoms with E-state index >= 15 is 0 Å². The highest BCUT2D eigenvalue weighted by atomic mass is 32.2. The molecule has 30 heavy (non-hydrogen) atoms. The number of nitro groups is 1. The third-order valence-electron chi connectivity index (χ3n) is 4.70. The van der Waals surface area contributed by atoms with Crippen molar-refractivity contribution in [2.45, 2.75) is 25.7 Å². The van der Waals surface area contributed by atoms with Crippen LogP contribution in [0.2, 0.25) is 0 Å². The van der Waals surface area contributed by atoms with E-state index in [-0.39, 0.29) is 16.1 Å². The smallest absolute Gasteiger partial charge is 0.272 e. The summed E-state index contributed by atoms with van der Waals surface area (Å²) >= 11 is 0. The molecular formula is C20H26N4O5S. The first-order chi connectivity index (χ1) is 14.0. The van der Waals surface area contributed by atoms with Gasteiger partial charge in [-0.25, -0.2) is 8.42 Å². The number of benzene rings is 2. The molecular weight excluding hydrogens is 408 g/mol. The maximum Gasteiger partial charge on any atom is 0.272 e. The Hall–Kier alpha value is -2.98. The molecule has 0 unspecified atom stereocenters. The number of sulfonamides is 1. The number of carbonyl (C=O) groups is 1. The molecule has 0 saturated carbocycles. The number of amides is 1. The quantitative estimate of drug-likeness (QED) is 0.504. The monoisotopic (exact) mass is 434 g/mol. The molecule has 0 bridgehead atoms. The highest BCUT2D eigenvalue weighted by molar-refractivity contribution is 7.89. The second-order valence-corrected chi connectivity index (χ2v) is 8.81. The maximum atomic E-state index is 12.9. The predicted octanol–water partition coefficient (Wildman–Crippen LogP) is 3.25. The van der Waals surface area contributed by atoms with Gasteiger partial charge in [0.05, 0.1) is 21.2 Å². The van der Waals surface area contributed by atoms with Gasteiger partial charge in [-0.2, -0.15) is 4.31 Å². The molecule has 1 N–H and O–H groups in total. The molecule has 0 aliphatic carbocycles. The van der Waals surface area contributed by atoms with E-state index in [0.29, 0.717) is 30.0 Å². The zero-order valence-corrected chi connectivity index (χ0v) is 18.5. The number of hydrogen-bond donors (Lipinski definition) is 1. The number of anilines is 2. The number of rotatable bonds is 8. The van der Waals surface area contributed by atoms with Crippen LogP contribution in [0.25, 0.3) is 0 Å². The van der Waals surface area contributed by atoms with Crippen LogP contribution in [0.15, 0.2) is 41.3 Å². The first-order valence-corrected chi connectivity index (χ1v) is 10.8. The molecule has 0 aromatic heterocycles. The Bertz CT molecular complexity index is 1060. The van der Waals surface area contributed by atoms with Crippen LogP contribution in [-0.2, 0) is 10.0 Å². The molecule has 10 heteroatoms. The standard InChI is InChI=1S/C20H26N4O5S/c1-6-23(7-2)30(28,29)16-9-11-19(22(4)5)17(13-16)21-20(25)15-8-10-18(24(26)27)14(3)12-15/h8-13H,6-7H2,1-5H3,(H,21,25). The normalized spacial score (nSPS) is 11.4. The van der Waals surface area contributed by atoms with E-state index in [9.17, 15) is 23.3 Å². The van der Waals surface area contributed by atoms with Crippen LogP contribution < -0.4 is 10.2 Å². The molecule has 0 spiro atoms. The molecule has 2 aromatic carbocycles. The average molecular weight is 435 g/mol. The van der Waals surface area contributed by atoms with Crippen LogP contribution in [0.3, 0.4) is 0 Å². The molecule has 0 saturated heterocycles. The van der Waals surface area contributed by atoms with Gasteiger partial charge in [-0.3, -0.25) is 14.9 Å². The molecule has 162 valence electrons. The van der Waals surface area contributed by atoms with Crippen LogP contribution in [0.1, 0.15) is 29.8 Å². The minimum absolute atomic E-state index is 0.0759. The lowest BCUT2D eigenvalue weighted by atomic mass is 10.1. The fourth-order valence-corrected chi connectivity index (χ4v) is 4.56. The van der Waals surface area contributed by atoms with Gasteiger partial charge in [0.2, 0.25) is 10.0 Å². The SMILES string of the molecule is CCN(CC)S(=O)(=O)c1ccc(N(C)C)c(NC(=O)c2ccc([N+](=O)[O-])c(C)c2)c1. The van der Waals surface area contributed by atoms with Crippen LogP contribution in [-0.4, -0.2) is 50.7 Å². The van der Waals surface area contributed by atoms with Crippen molar-refractivity contribution in [1.82, 2.24) is 4.31 Å². The Balaban J connectivity index is 2.46. The largest absolute Gasteiger partial charge is 0.376 e. The summed E-state index contributed by atoms with van der Waals surface area (Å²) in [5.41, 5.74) is 1.47. The van der Waals surface area contributed by atoms with Gasteiger partial charge in [0.15, 0.2) is 0 Å². The number of nitro benzene ring substituents is 1. The summed E-state index contributed by atoms with van der Waals surface area (Å²) in [5, 5.41) is 13.7. The summed E-state index contributed by atoms with van der Waals surface area (Å²) in [6, 6.07) is 8.64. The Morgan fingerprint density at radius 1 is 1.10 bits per heavy atom. The van der Waals surface area contributed by atoms with E-state index in [1.807, 2.05) is 0 Å². The lowest BCUT2D eigenvalue weighted by molar-refractivity contribution is -0.385. The van der Waals surface area contributed by atoms with E-state index in [2.05, 4.69) is 5.32 Å². The predicted molar refractivity (Wildman–Crippen MR) is 117 cm³/mol. The Kier molecular flexibility index (Phi) is 7.16. The van der Waals surface area contributed by atoms with Crippen LogP contribution in [0, 0.1) is 17.0 Å². The molecule has 2 aromatic rings. The average Bonchev–Trinajstić information content (AvgIpc) is 2.68. The van der Waals surface area contributed by atoms with Gasteiger partial charge >= 0.3 is 0 Å². The molecule has 1 amide bonds. The second kappa shape index (κ2) is 9.23. The maximum absolute atomic E-state index is 12.9. The number of hydrogen-bond acceptors (Lipinski definition) is 6. The topological polar surface area (TPSA) is 113 Å². The zero-order valence-electron chi connectivity index (χ0n) is 17.7. The molecule has 0 radical (unpaired) electrons. The fraction of sp³-hybridized carbons (Fsp3) is 0.350. The summed E-state index contributed by atoms with van der Waals surface area (Å²) in [6.45, 7) is 5.73. The summed E-state index contributed by atoms with van der Waals surface area (Å²) in [7, 11) is -0.145. The third-order valence-corrected chi connectivity index (χ3v) is 6.74. The van der Waals surface area contributed by atoms with Crippen molar-refractivity contribution in [1.29, 1.82) is 0 Å². The zero-order chi connectivity index (χ0) is 22.6. The van der Waals surface area contributed by atoms with Gasteiger partial charge in [0.1, 0.15) is 0 Å². The first-order valence-electron chi connectivity index (χ1n) is 9.40. The molecule has 0 fully saturated rings. The highest BCUT2D eigenvalue weighted by Crippen LogP contribution is 2.30. The van der Waals surface area contributed by atoms with Crippen LogP contribution >= 0.6 is 0 Å². The number of aryl methyl sites for hydroxylation is 1. The number of carbonyl (C=O) groups excluding carboxylic acids is 1. The van der Waals surface area contributed by atoms with Crippen molar-refractivity contribution in [2.75, 3.05) is 37.4 Å². The lowest BCUT2D eigenvalue weighted by Crippen LogP contribution is -2.30. The molecule has 0 heterocycles. The number of nitrogens with one attached hydrogen (secondary N) is 1. The third kappa shape index (κ3) is 4.77. The van der Waals surface area contributed by atoms with Crippen molar-refractivity contribution < 1.29 is 18.1 Å². The first kappa shape index (κ1) is 23.3. The van der Waals surface area contributed by atoms with E-state index in [1.54, 1.807) is 45.8 Å². The Morgan fingerprint density at radius 3 is 2.23 bits per heavy atom. The summed E-state index contributed by atoms with van der Waals surface area (Å²) < 4.78 is 27.1. The van der Waals surface area contributed by atoms with E-state index < -0.39 is 20.9 Å². The highest BCUT2D eigenvalue weighted by Gasteiger charge is 2.24. The molecule has 0 aliphatic heterocycles. The van der Waals surface area contributed by atoms with E-state index in [0.717, 1.165) is 0 Å². The Labute approximate surface area is 176 Å². The van der Waals surface area contributed by atoms with Gasteiger partial charge < -0.3 is 10.2 Å². The van der Waals surface area contributed by atoms with Crippen LogP contribution in [0.4, 0.5) is 17.1 Å². The minimum atomic E-state index is -3.70. The Morgan fingerprint density at radius 2 is 1.73 bits per heavy atom. The van der Waals surface area contributed by atoms with Gasteiger partial charge in [0.25, 0.3) is 11.6 Å². The fourth-order valence-electron chi connectivity index (χ4n) is 3.07. The molecule has 2 rings (SSSR count). The number of nitrogens with zero attached hydrogens (tertiary/aromatic N) is 3. The molecule has 0 aliphatic rings. The van der Waals surface area contributed by atoms with Gasteiger partial charge in [-0.1, -0.05) is 13.8 Å².